The highest BCUT2D eigenvalue weighted by Crippen LogP contribution is 2.31. The van der Waals surface area contributed by atoms with Gasteiger partial charge in [0.25, 0.3) is 3.79 Å². The highest BCUT2D eigenvalue weighted by molar-refractivity contribution is 6.76. The lowest BCUT2D eigenvalue weighted by Gasteiger charge is -2.42. The van der Waals surface area contributed by atoms with Crippen molar-refractivity contribution in [2.24, 2.45) is 0 Å². The third-order valence-electron chi connectivity index (χ3n) is 4.32. The Morgan fingerprint density at radius 1 is 0.893 bits per heavy atom. The summed E-state index contributed by atoms with van der Waals surface area (Å²) in [5.41, 5.74) is 0. The van der Waals surface area contributed by atoms with Crippen LogP contribution < -0.4 is 0 Å². The highest BCUT2D eigenvalue weighted by atomic mass is 35.6. The molecule has 0 aromatic rings. The predicted molar refractivity (Wildman–Crippen MR) is 113 cm³/mol. The maximum absolute atomic E-state index is 7.87. The minimum atomic E-state index is -1.97. The van der Waals surface area contributed by atoms with E-state index >= 15 is 0 Å². The number of ether oxygens (including phenoxy) is 5. The van der Waals surface area contributed by atoms with Crippen molar-refractivity contribution in [2.75, 3.05) is 26.4 Å². The molecule has 9 heteroatoms. The van der Waals surface area contributed by atoms with Crippen LogP contribution in [0.5, 0.6) is 0 Å². The third-order valence-corrected chi connectivity index (χ3v) is 4.84. The number of nitrogens with one attached hydrogen (secondary N) is 1. The lowest BCUT2D eigenvalue weighted by molar-refractivity contribution is -0.276. The van der Waals surface area contributed by atoms with Crippen LogP contribution in [0.25, 0.3) is 0 Å². The molecule has 28 heavy (non-hydrogen) atoms. The van der Waals surface area contributed by atoms with Crippen molar-refractivity contribution in [1.82, 2.24) is 0 Å². The van der Waals surface area contributed by atoms with E-state index in [9.17, 15) is 0 Å². The first-order chi connectivity index (χ1) is 13.3. The molecule has 1 fully saturated rings. The summed E-state index contributed by atoms with van der Waals surface area (Å²) in [6, 6.07) is 0. The molecule has 6 nitrogen and oxygen atoms in total. The van der Waals surface area contributed by atoms with Crippen LogP contribution in [0.15, 0.2) is 0 Å². The van der Waals surface area contributed by atoms with E-state index in [1.54, 1.807) is 0 Å². The fourth-order valence-corrected chi connectivity index (χ4v) is 2.79. The van der Waals surface area contributed by atoms with Crippen LogP contribution in [0, 0.1) is 5.41 Å². The molecule has 0 bridgehead atoms. The van der Waals surface area contributed by atoms with Crippen molar-refractivity contribution in [3.63, 3.8) is 0 Å². The Hall–Kier alpha value is 0.180. The Morgan fingerprint density at radius 2 is 1.39 bits per heavy atom. The second kappa shape index (κ2) is 14.2. The first-order valence-corrected chi connectivity index (χ1v) is 11.3. The first-order valence-electron chi connectivity index (χ1n) is 10.1. The second-order valence-electron chi connectivity index (χ2n) is 6.79. The zero-order valence-electron chi connectivity index (χ0n) is 17.1. The van der Waals surface area contributed by atoms with Gasteiger partial charge in [-0.05, 0) is 19.3 Å². The minimum Gasteiger partial charge on any atom is -0.445 e. The van der Waals surface area contributed by atoms with Gasteiger partial charge in [-0.1, -0.05) is 74.8 Å². The van der Waals surface area contributed by atoms with Gasteiger partial charge in [0.05, 0.1) is 6.61 Å². The molecule has 0 aliphatic carbocycles. The van der Waals surface area contributed by atoms with Crippen molar-refractivity contribution in [1.29, 1.82) is 5.41 Å². The van der Waals surface area contributed by atoms with E-state index in [0.29, 0.717) is 19.8 Å². The van der Waals surface area contributed by atoms with Gasteiger partial charge in [0, 0.05) is 19.8 Å². The molecule has 0 amide bonds. The topological polar surface area (TPSA) is 70.0 Å². The van der Waals surface area contributed by atoms with E-state index in [4.69, 9.17) is 63.9 Å². The molecule has 1 N–H and O–H groups in total. The molecular weight excluding hydrogens is 429 g/mol. The summed E-state index contributed by atoms with van der Waals surface area (Å²) in [6.07, 6.45) is 3.65. The average molecular weight is 463 g/mol. The summed E-state index contributed by atoms with van der Waals surface area (Å²) in [7, 11) is 0. The smallest absolute Gasteiger partial charge is 0.265 e. The zero-order valence-corrected chi connectivity index (χ0v) is 19.3. The molecule has 4 unspecified atom stereocenters. The number of halogens is 3. The van der Waals surface area contributed by atoms with Gasteiger partial charge in [-0.2, -0.15) is 0 Å². The lowest BCUT2D eigenvalue weighted by atomic mass is 10.0. The van der Waals surface area contributed by atoms with Crippen molar-refractivity contribution in [3.05, 3.63) is 0 Å². The van der Waals surface area contributed by atoms with Gasteiger partial charge < -0.3 is 23.7 Å². The molecule has 0 aromatic heterocycles. The van der Waals surface area contributed by atoms with Gasteiger partial charge in [-0.3, -0.25) is 5.41 Å². The summed E-state index contributed by atoms with van der Waals surface area (Å²) in [5.74, 6) is -0.510. The Labute approximate surface area is 183 Å². The molecule has 1 rings (SSSR count). The van der Waals surface area contributed by atoms with Crippen molar-refractivity contribution in [3.8, 4) is 0 Å². The van der Waals surface area contributed by atoms with Crippen LogP contribution in [0.4, 0.5) is 0 Å². The second-order valence-corrected chi connectivity index (χ2v) is 9.07. The summed E-state index contributed by atoms with van der Waals surface area (Å²) < 4.78 is 27.5. The number of hydrogen-bond donors (Lipinski definition) is 1. The van der Waals surface area contributed by atoms with E-state index in [2.05, 4.69) is 20.8 Å². The van der Waals surface area contributed by atoms with Crippen molar-refractivity contribution >= 4 is 40.7 Å². The highest BCUT2D eigenvalue weighted by Gasteiger charge is 2.46. The van der Waals surface area contributed by atoms with Crippen LogP contribution in [-0.4, -0.2) is 60.7 Å². The fraction of sp³-hybridized carbons (Fsp3) is 0.947. The van der Waals surface area contributed by atoms with Crippen LogP contribution in [0.2, 0.25) is 0 Å². The average Bonchev–Trinajstić information content (AvgIpc) is 2.64. The minimum absolute atomic E-state index is 0.256. The monoisotopic (exact) mass is 461 g/mol. The van der Waals surface area contributed by atoms with Crippen LogP contribution in [0.3, 0.4) is 0 Å². The third kappa shape index (κ3) is 9.33. The van der Waals surface area contributed by atoms with E-state index in [0.717, 1.165) is 38.5 Å². The number of alkyl halides is 3. The SMILES string of the molecule is CCCCOC1COC(OC(=N)C(Cl)(Cl)Cl)C(OCCCC)C1OCCCC. The molecule has 1 aliphatic rings. The Bertz CT molecular complexity index is 436. The lowest BCUT2D eigenvalue weighted by Crippen LogP contribution is -2.58. The fourth-order valence-electron chi connectivity index (χ4n) is 2.65. The summed E-state index contributed by atoms with van der Waals surface area (Å²) in [5, 5.41) is 7.87. The van der Waals surface area contributed by atoms with E-state index < -0.39 is 22.1 Å². The molecule has 0 saturated carbocycles. The number of rotatable bonds is 13. The van der Waals surface area contributed by atoms with Gasteiger partial charge >= 0.3 is 0 Å². The predicted octanol–water partition coefficient (Wildman–Crippen LogP) is 5.26. The van der Waals surface area contributed by atoms with Gasteiger partial charge in [0.15, 0.2) is 0 Å². The molecule has 1 aliphatic heterocycles. The molecular formula is C19H34Cl3NO5. The van der Waals surface area contributed by atoms with Crippen molar-refractivity contribution in [2.45, 2.75) is 87.7 Å². The van der Waals surface area contributed by atoms with E-state index in [1.807, 2.05) is 0 Å². The maximum Gasteiger partial charge on any atom is 0.265 e. The van der Waals surface area contributed by atoms with Crippen molar-refractivity contribution < 1.29 is 23.7 Å². The molecule has 1 saturated heterocycles. The van der Waals surface area contributed by atoms with E-state index in [-0.39, 0.29) is 18.8 Å². The molecule has 0 radical (unpaired) electrons. The van der Waals surface area contributed by atoms with Gasteiger partial charge in [-0.15, -0.1) is 0 Å². The number of unbranched alkanes of at least 4 members (excludes halogenated alkanes) is 3. The Morgan fingerprint density at radius 3 is 1.89 bits per heavy atom. The zero-order chi connectivity index (χ0) is 21.0. The van der Waals surface area contributed by atoms with Crippen LogP contribution in [-0.2, 0) is 23.7 Å². The van der Waals surface area contributed by atoms with Gasteiger partial charge in [0.2, 0.25) is 12.2 Å². The summed E-state index contributed by atoms with van der Waals surface area (Å²) in [6.45, 7) is 8.27. The standard InChI is InChI=1S/C19H34Cl3NO5/c1-4-7-10-24-14-13-27-17(28-18(23)19(20,21)22)16(26-12-9-6-3)15(14)25-11-8-5-2/h14-17,23H,4-13H2,1-3H3. The molecule has 1 heterocycles. The maximum atomic E-state index is 7.87. The largest absolute Gasteiger partial charge is 0.445 e. The summed E-state index contributed by atoms with van der Waals surface area (Å²) in [4.78, 5) is 0. The van der Waals surface area contributed by atoms with Crippen LogP contribution >= 0.6 is 34.8 Å². The van der Waals surface area contributed by atoms with Gasteiger partial charge in [-0.25, -0.2) is 0 Å². The normalized spacial score (nSPS) is 25.6. The Kier molecular flexibility index (Phi) is 13.3. The Balaban J connectivity index is 2.91. The molecule has 0 aromatic carbocycles. The number of hydrogen-bond acceptors (Lipinski definition) is 6. The molecule has 4 atom stereocenters. The van der Waals surface area contributed by atoms with E-state index in [1.165, 1.54) is 0 Å². The van der Waals surface area contributed by atoms with Gasteiger partial charge in [0.1, 0.15) is 18.3 Å². The molecule has 166 valence electrons. The first kappa shape index (κ1) is 26.2. The summed E-state index contributed by atoms with van der Waals surface area (Å²) >= 11 is 17.3. The quantitative estimate of drug-likeness (QED) is 0.175. The molecule has 0 spiro atoms. The van der Waals surface area contributed by atoms with Crippen LogP contribution in [0.1, 0.15) is 59.3 Å².